The lowest BCUT2D eigenvalue weighted by atomic mass is 10.1. The zero-order valence-electron chi connectivity index (χ0n) is 16.4. The van der Waals surface area contributed by atoms with Gasteiger partial charge in [0.05, 0.1) is 29.7 Å². The Morgan fingerprint density at radius 1 is 1.19 bits per heavy atom. The third-order valence-corrected chi connectivity index (χ3v) is 4.95. The van der Waals surface area contributed by atoms with Crippen molar-refractivity contribution in [1.82, 2.24) is 10.3 Å². The van der Waals surface area contributed by atoms with E-state index in [1.165, 1.54) is 13.0 Å². The minimum Gasteiger partial charge on any atom is -0.494 e. The van der Waals surface area contributed by atoms with Crippen molar-refractivity contribution in [3.63, 3.8) is 0 Å². The molecule has 0 aliphatic carbocycles. The Morgan fingerprint density at radius 3 is 2.58 bits per heavy atom. The summed E-state index contributed by atoms with van der Waals surface area (Å²) in [7, 11) is 0. The first-order chi connectivity index (χ1) is 14.7. The minimum absolute atomic E-state index is 0.256. The first-order valence-electron chi connectivity index (χ1n) is 9.11. The van der Waals surface area contributed by atoms with Crippen LogP contribution < -0.4 is 15.4 Å². The molecule has 0 aliphatic heterocycles. The molecule has 2 aromatic heterocycles. The number of benzene rings is 1. The normalized spacial score (nSPS) is 13.5. The molecule has 12 heteroatoms. The molecular formula is C19H18F3N3O5S. The molecule has 2 heterocycles. The molecule has 31 heavy (non-hydrogen) atoms. The zero-order chi connectivity index (χ0) is 22.6. The van der Waals surface area contributed by atoms with E-state index in [0.29, 0.717) is 22.6 Å². The number of hydrogen-bond acceptors (Lipinski definition) is 8. The number of anilines is 1. The maximum Gasteiger partial charge on any atom is 0.442 e. The van der Waals surface area contributed by atoms with E-state index >= 15 is 0 Å². The summed E-state index contributed by atoms with van der Waals surface area (Å²) in [6.07, 6.45) is -4.17. The van der Waals surface area contributed by atoms with Gasteiger partial charge in [0.25, 0.3) is 5.91 Å². The van der Waals surface area contributed by atoms with Gasteiger partial charge in [0.2, 0.25) is 0 Å². The number of nitrogens with zero attached hydrogens (tertiary/aromatic N) is 1. The van der Waals surface area contributed by atoms with Crippen LogP contribution in [0.4, 0.5) is 18.3 Å². The number of fused-ring (bicyclic) bond motifs is 1. The van der Waals surface area contributed by atoms with E-state index in [0.717, 1.165) is 23.7 Å². The number of carbonyl (C=O) groups excluding carboxylic acids is 2. The van der Waals surface area contributed by atoms with Gasteiger partial charge in [-0.25, -0.2) is 9.78 Å². The van der Waals surface area contributed by atoms with Gasteiger partial charge < -0.3 is 24.5 Å². The van der Waals surface area contributed by atoms with Crippen molar-refractivity contribution in [2.45, 2.75) is 25.7 Å². The van der Waals surface area contributed by atoms with Gasteiger partial charge >= 0.3 is 17.8 Å². The highest BCUT2D eigenvalue weighted by molar-refractivity contribution is 7.22. The molecule has 0 saturated carbocycles. The topological polar surface area (TPSA) is 103 Å². The van der Waals surface area contributed by atoms with E-state index in [1.54, 1.807) is 30.4 Å². The third kappa shape index (κ3) is 4.58. The Hall–Kier alpha value is -3.28. The number of halogens is 3. The first kappa shape index (κ1) is 22.4. The monoisotopic (exact) mass is 457 g/mol. The van der Waals surface area contributed by atoms with E-state index in [2.05, 4.69) is 9.72 Å². The van der Waals surface area contributed by atoms with E-state index in [4.69, 9.17) is 9.15 Å². The van der Waals surface area contributed by atoms with Crippen molar-refractivity contribution in [3.05, 3.63) is 42.4 Å². The highest BCUT2D eigenvalue weighted by Crippen LogP contribution is 2.36. The molecule has 2 N–H and O–H groups in total. The quantitative estimate of drug-likeness (QED) is 0.390. The molecule has 1 unspecified atom stereocenters. The highest BCUT2D eigenvalue weighted by atomic mass is 32.1. The number of rotatable bonds is 8. The van der Waals surface area contributed by atoms with Crippen LogP contribution in [0, 0.1) is 0 Å². The SMILES string of the molecule is CCOC(=O)C(NC(=O)c1ccco1)(Nc1nc2ccc(OCC)cc2s1)C(F)(F)F. The van der Waals surface area contributed by atoms with Crippen LogP contribution in [-0.4, -0.2) is 41.9 Å². The molecule has 0 bridgehead atoms. The van der Waals surface area contributed by atoms with Gasteiger partial charge in [-0.2, -0.15) is 13.2 Å². The second kappa shape index (κ2) is 8.84. The number of furan rings is 1. The number of esters is 1. The van der Waals surface area contributed by atoms with Gasteiger partial charge in [-0.3, -0.25) is 4.79 Å². The van der Waals surface area contributed by atoms with Crippen LogP contribution in [0.15, 0.2) is 41.0 Å². The smallest absolute Gasteiger partial charge is 0.442 e. The summed E-state index contributed by atoms with van der Waals surface area (Å²) in [5.41, 5.74) is -3.21. The summed E-state index contributed by atoms with van der Waals surface area (Å²) >= 11 is 0.856. The number of alkyl halides is 3. The maximum atomic E-state index is 14.2. The lowest BCUT2D eigenvalue weighted by Crippen LogP contribution is -2.69. The number of carbonyl (C=O) groups is 2. The fraction of sp³-hybridized carbons (Fsp3) is 0.316. The standard InChI is InChI=1S/C19H18F3N3O5S/c1-3-28-11-7-8-12-14(10-11)31-17(23-12)25-18(19(20,21)22,16(27)29-4-2)24-15(26)13-6-5-9-30-13/h5-10H,3-4H2,1-2H3,(H,23,25)(H,24,26). The number of aromatic nitrogens is 1. The van der Waals surface area contributed by atoms with Gasteiger partial charge in [-0.05, 0) is 44.2 Å². The Morgan fingerprint density at radius 2 is 1.97 bits per heavy atom. The maximum absolute atomic E-state index is 14.2. The van der Waals surface area contributed by atoms with Crippen molar-refractivity contribution < 1.29 is 36.7 Å². The summed E-state index contributed by atoms with van der Waals surface area (Å²) in [5.74, 6) is -2.89. The lowest BCUT2D eigenvalue weighted by molar-refractivity contribution is -0.204. The molecule has 0 saturated heterocycles. The molecule has 1 aromatic carbocycles. The highest BCUT2D eigenvalue weighted by Gasteiger charge is 2.64. The second-order valence-electron chi connectivity index (χ2n) is 6.11. The minimum atomic E-state index is -5.28. The van der Waals surface area contributed by atoms with E-state index in [9.17, 15) is 22.8 Å². The fourth-order valence-corrected chi connectivity index (χ4v) is 3.59. The zero-order valence-corrected chi connectivity index (χ0v) is 17.2. The summed E-state index contributed by atoms with van der Waals surface area (Å²) in [5, 5.41) is 3.47. The van der Waals surface area contributed by atoms with Crippen LogP contribution in [0.3, 0.4) is 0 Å². The molecule has 0 spiro atoms. The van der Waals surface area contributed by atoms with Crippen LogP contribution in [0.25, 0.3) is 10.2 Å². The first-order valence-corrected chi connectivity index (χ1v) is 9.93. The summed E-state index contributed by atoms with van der Waals surface area (Å²) in [6.45, 7) is 3.21. The molecular weight excluding hydrogens is 439 g/mol. The van der Waals surface area contributed by atoms with Gasteiger partial charge in [0, 0.05) is 0 Å². The average Bonchev–Trinajstić information content (AvgIpc) is 3.36. The van der Waals surface area contributed by atoms with Gasteiger partial charge in [0.15, 0.2) is 10.9 Å². The molecule has 8 nitrogen and oxygen atoms in total. The second-order valence-corrected chi connectivity index (χ2v) is 7.14. The van der Waals surface area contributed by atoms with Crippen LogP contribution in [0.1, 0.15) is 24.4 Å². The molecule has 3 aromatic rings. The van der Waals surface area contributed by atoms with Crippen molar-refractivity contribution in [2.24, 2.45) is 0 Å². The van der Waals surface area contributed by atoms with Crippen molar-refractivity contribution in [2.75, 3.05) is 18.5 Å². The number of hydrogen-bond donors (Lipinski definition) is 2. The fourth-order valence-electron chi connectivity index (χ4n) is 2.65. The van der Waals surface area contributed by atoms with Crippen LogP contribution in [0.2, 0.25) is 0 Å². The average molecular weight is 457 g/mol. The molecule has 0 aliphatic rings. The summed E-state index contributed by atoms with van der Waals surface area (Å²) in [4.78, 5) is 28.9. The largest absolute Gasteiger partial charge is 0.494 e. The molecule has 0 radical (unpaired) electrons. The molecule has 0 fully saturated rings. The predicted molar refractivity (Wildman–Crippen MR) is 106 cm³/mol. The van der Waals surface area contributed by atoms with E-state index in [1.807, 2.05) is 5.32 Å². The Kier molecular flexibility index (Phi) is 6.39. The predicted octanol–water partition coefficient (Wildman–Crippen LogP) is 3.95. The number of nitrogens with one attached hydrogen (secondary N) is 2. The lowest BCUT2D eigenvalue weighted by Gasteiger charge is -2.34. The number of ether oxygens (including phenoxy) is 2. The van der Waals surface area contributed by atoms with Gasteiger partial charge in [-0.15, -0.1) is 0 Å². The van der Waals surface area contributed by atoms with Gasteiger partial charge in [-0.1, -0.05) is 11.3 Å². The van der Waals surface area contributed by atoms with Crippen molar-refractivity contribution >= 4 is 38.6 Å². The Bertz CT molecular complexity index is 1070. The number of amides is 1. The van der Waals surface area contributed by atoms with Crippen LogP contribution >= 0.6 is 11.3 Å². The van der Waals surface area contributed by atoms with Gasteiger partial charge in [0.1, 0.15) is 5.75 Å². The Balaban J connectivity index is 2.03. The van der Waals surface area contributed by atoms with Crippen LogP contribution in [-0.2, 0) is 9.53 Å². The summed E-state index contributed by atoms with van der Waals surface area (Å²) in [6, 6.07) is 7.29. The third-order valence-electron chi connectivity index (χ3n) is 4.02. The Labute approximate surface area is 178 Å². The van der Waals surface area contributed by atoms with E-state index in [-0.39, 0.29) is 11.7 Å². The van der Waals surface area contributed by atoms with Crippen molar-refractivity contribution in [1.29, 1.82) is 0 Å². The molecule has 1 amide bonds. The van der Waals surface area contributed by atoms with Crippen LogP contribution in [0.5, 0.6) is 5.75 Å². The van der Waals surface area contributed by atoms with E-state index < -0.39 is 29.5 Å². The molecule has 1 atom stereocenters. The number of thiazole rings is 1. The molecule has 166 valence electrons. The molecule has 3 rings (SSSR count). The van der Waals surface area contributed by atoms with Crippen molar-refractivity contribution in [3.8, 4) is 5.75 Å². The summed E-state index contributed by atoms with van der Waals surface area (Å²) < 4.78 is 58.0.